The van der Waals surface area contributed by atoms with Crippen molar-refractivity contribution in [2.75, 3.05) is 25.5 Å². The maximum Gasteiger partial charge on any atom is 0.160 e. The summed E-state index contributed by atoms with van der Waals surface area (Å²) in [6.45, 7) is 3.97. The fourth-order valence-corrected chi connectivity index (χ4v) is 2.76. The van der Waals surface area contributed by atoms with Gasteiger partial charge in [-0.15, -0.1) is 12.4 Å². The third-order valence-electron chi connectivity index (χ3n) is 3.75. The Morgan fingerprint density at radius 3 is 2.73 bits per heavy atom. The topological polar surface area (TPSA) is 54.8 Å². The van der Waals surface area contributed by atoms with Crippen molar-refractivity contribution >= 4 is 40.0 Å². The molecule has 0 aliphatic carbocycles. The zero-order chi connectivity index (χ0) is 14.8. The minimum absolute atomic E-state index is 0. The normalized spacial score (nSPS) is 10.9. The molecule has 0 saturated carbocycles. The SMILES string of the molecule is CNCCCNc1c2ccccc2nc2c1c(C)nn2C.Cl. The summed E-state index contributed by atoms with van der Waals surface area (Å²) < 4.78 is 1.86. The molecule has 22 heavy (non-hydrogen) atoms. The number of para-hydroxylation sites is 1. The van der Waals surface area contributed by atoms with Crippen molar-refractivity contribution in [3.8, 4) is 0 Å². The van der Waals surface area contributed by atoms with Gasteiger partial charge in [-0.1, -0.05) is 18.2 Å². The molecule has 0 amide bonds. The van der Waals surface area contributed by atoms with E-state index in [1.165, 1.54) is 0 Å². The first-order valence-electron chi connectivity index (χ1n) is 7.33. The van der Waals surface area contributed by atoms with Gasteiger partial charge < -0.3 is 10.6 Å². The van der Waals surface area contributed by atoms with Gasteiger partial charge in [0.25, 0.3) is 0 Å². The smallest absolute Gasteiger partial charge is 0.160 e. The van der Waals surface area contributed by atoms with Crippen molar-refractivity contribution in [3.63, 3.8) is 0 Å². The number of nitrogens with zero attached hydrogens (tertiary/aromatic N) is 3. The van der Waals surface area contributed by atoms with Crippen molar-refractivity contribution in [2.24, 2.45) is 7.05 Å². The summed E-state index contributed by atoms with van der Waals surface area (Å²) >= 11 is 0. The molecule has 5 nitrogen and oxygen atoms in total. The van der Waals surface area contributed by atoms with Crippen molar-refractivity contribution in [2.45, 2.75) is 13.3 Å². The van der Waals surface area contributed by atoms with E-state index in [1.807, 2.05) is 31.8 Å². The largest absolute Gasteiger partial charge is 0.384 e. The van der Waals surface area contributed by atoms with E-state index in [-0.39, 0.29) is 12.4 Å². The standard InChI is InChI=1S/C16H21N5.ClH/c1-11-14-15(18-10-6-9-17-2)12-7-4-5-8-13(12)19-16(14)21(3)20-11;/h4-5,7-8,17H,6,9-10H2,1-3H3,(H,18,19);1H. The van der Waals surface area contributed by atoms with E-state index in [0.29, 0.717) is 0 Å². The first-order chi connectivity index (χ1) is 10.2. The molecule has 0 aliphatic heterocycles. The molecule has 2 aromatic heterocycles. The summed E-state index contributed by atoms with van der Waals surface area (Å²) in [7, 11) is 3.92. The molecule has 1 aromatic carbocycles. The summed E-state index contributed by atoms with van der Waals surface area (Å²) in [4.78, 5) is 4.75. The molecule has 0 spiro atoms. The maximum absolute atomic E-state index is 4.75. The van der Waals surface area contributed by atoms with Crippen molar-refractivity contribution in [1.82, 2.24) is 20.1 Å². The number of nitrogens with one attached hydrogen (secondary N) is 2. The van der Waals surface area contributed by atoms with Crippen LogP contribution in [0, 0.1) is 6.92 Å². The van der Waals surface area contributed by atoms with Crippen LogP contribution < -0.4 is 10.6 Å². The van der Waals surface area contributed by atoms with Crippen LogP contribution in [0.1, 0.15) is 12.1 Å². The third-order valence-corrected chi connectivity index (χ3v) is 3.75. The van der Waals surface area contributed by atoms with Crippen LogP contribution in [0.5, 0.6) is 0 Å². The fourth-order valence-electron chi connectivity index (χ4n) is 2.76. The predicted octanol–water partition coefficient (Wildman–Crippen LogP) is 2.87. The zero-order valence-corrected chi connectivity index (χ0v) is 14.0. The van der Waals surface area contributed by atoms with E-state index >= 15 is 0 Å². The molecule has 0 fully saturated rings. The van der Waals surface area contributed by atoms with Crippen LogP contribution >= 0.6 is 12.4 Å². The van der Waals surface area contributed by atoms with Gasteiger partial charge in [-0.25, -0.2) is 4.98 Å². The molecule has 6 heteroatoms. The first kappa shape index (κ1) is 16.5. The van der Waals surface area contributed by atoms with Crippen LogP contribution in [-0.4, -0.2) is 34.9 Å². The lowest BCUT2D eigenvalue weighted by atomic mass is 10.1. The highest BCUT2D eigenvalue weighted by Gasteiger charge is 2.14. The Bertz CT molecular complexity index is 781. The van der Waals surface area contributed by atoms with Gasteiger partial charge >= 0.3 is 0 Å². The fraction of sp³-hybridized carbons (Fsp3) is 0.375. The van der Waals surface area contributed by atoms with Gasteiger partial charge in [-0.05, 0) is 33.0 Å². The number of rotatable bonds is 5. The minimum atomic E-state index is 0. The molecule has 0 aliphatic rings. The average Bonchev–Trinajstić information content (AvgIpc) is 2.77. The predicted molar refractivity (Wildman–Crippen MR) is 95.0 cm³/mol. The highest BCUT2D eigenvalue weighted by atomic mass is 35.5. The number of pyridine rings is 1. The number of aromatic nitrogens is 3. The van der Waals surface area contributed by atoms with Crippen LogP contribution in [0.25, 0.3) is 21.9 Å². The molecule has 2 N–H and O–H groups in total. The summed E-state index contributed by atoms with van der Waals surface area (Å²) in [5, 5.41) is 13.6. The molecular formula is C16H22ClN5. The van der Waals surface area contributed by atoms with Crippen LogP contribution in [0.15, 0.2) is 24.3 Å². The lowest BCUT2D eigenvalue weighted by Gasteiger charge is -2.11. The number of aryl methyl sites for hydroxylation is 2. The number of hydrogen-bond donors (Lipinski definition) is 2. The van der Waals surface area contributed by atoms with E-state index in [4.69, 9.17) is 4.98 Å². The van der Waals surface area contributed by atoms with Crippen molar-refractivity contribution < 1.29 is 0 Å². The van der Waals surface area contributed by atoms with Crippen LogP contribution in [0.3, 0.4) is 0 Å². The Kier molecular flexibility index (Phi) is 5.21. The molecule has 0 unspecified atom stereocenters. The zero-order valence-electron chi connectivity index (χ0n) is 13.2. The van der Waals surface area contributed by atoms with E-state index < -0.39 is 0 Å². The van der Waals surface area contributed by atoms with Crippen LogP contribution in [-0.2, 0) is 7.05 Å². The number of fused-ring (bicyclic) bond motifs is 2. The van der Waals surface area contributed by atoms with Gasteiger partial charge in [0.2, 0.25) is 0 Å². The first-order valence-corrected chi connectivity index (χ1v) is 7.33. The molecule has 118 valence electrons. The highest BCUT2D eigenvalue weighted by molar-refractivity contribution is 6.07. The second-order valence-electron chi connectivity index (χ2n) is 5.30. The van der Waals surface area contributed by atoms with Crippen molar-refractivity contribution in [1.29, 1.82) is 0 Å². The Morgan fingerprint density at radius 1 is 1.18 bits per heavy atom. The second-order valence-corrected chi connectivity index (χ2v) is 5.30. The molecular weight excluding hydrogens is 298 g/mol. The summed E-state index contributed by atoms with van der Waals surface area (Å²) in [5.74, 6) is 0. The lowest BCUT2D eigenvalue weighted by Crippen LogP contribution is -2.13. The molecule has 3 aromatic rings. The van der Waals surface area contributed by atoms with Crippen LogP contribution in [0.4, 0.5) is 5.69 Å². The Labute approximate surface area is 136 Å². The van der Waals surface area contributed by atoms with E-state index in [1.54, 1.807) is 0 Å². The van der Waals surface area contributed by atoms with E-state index in [0.717, 1.165) is 52.8 Å². The van der Waals surface area contributed by atoms with Gasteiger partial charge in [-0.3, -0.25) is 4.68 Å². The molecule has 2 heterocycles. The van der Waals surface area contributed by atoms with Gasteiger partial charge in [0.1, 0.15) is 0 Å². The molecule has 0 radical (unpaired) electrons. The van der Waals surface area contributed by atoms with Gasteiger partial charge in [0.05, 0.1) is 22.3 Å². The van der Waals surface area contributed by atoms with Gasteiger partial charge in [0.15, 0.2) is 5.65 Å². The molecule has 0 bridgehead atoms. The Balaban J connectivity index is 0.00000176. The Morgan fingerprint density at radius 2 is 1.95 bits per heavy atom. The third kappa shape index (κ3) is 2.87. The Hall–Kier alpha value is -1.85. The summed E-state index contributed by atoms with van der Waals surface area (Å²) in [6.07, 6.45) is 1.08. The highest BCUT2D eigenvalue weighted by Crippen LogP contribution is 2.32. The number of halogens is 1. The summed E-state index contributed by atoms with van der Waals surface area (Å²) in [6, 6.07) is 8.25. The number of anilines is 1. The van der Waals surface area contributed by atoms with Crippen molar-refractivity contribution in [3.05, 3.63) is 30.0 Å². The average molecular weight is 320 g/mol. The minimum Gasteiger partial charge on any atom is -0.384 e. The van der Waals surface area contributed by atoms with Crippen LogP contribution in [0.2, 0.25) is 0 Å². The molecule has 3 rings (SSSR count). The number of benzene rings is 1. The van der Waals surface area contributed by atoms with Gasteiger partial charge in [-0.2, -0.15) is 5.10 Å². The molecule has 0 atom stereocenters. The monoisotopic (exact) mass is 319 g/mol. The maximum atomic E-state index is 4.75. The quantitative estimate of drug-likeness (QED) is 0.710. The van der Waals surface area contributed by atoms with Gasteiger partial charge in [0, 0.05) is 19.0 Å². The summed E-state index contributed by atoms with van der Waals surface area (Å²) in [5.41, 5.74) is 4.10. The second kappa shape index (κ2) is 6.94. The number of hydrogen-bond acceptors (Lipinski definition) is 4. The van der Waals surface area contributed by atoms with E-state index in [2.05, 4.69) is 33.9 Å². The van der Waals surface area contributed by atoms with E-state index in [9.17, 15) is 0 Å². The lowest BCUT2D eigenvalue weighted by molar-refractivity contribution is 0.748. The molecule has 0 saturated heterocycles.